The Morgan fingerprint density at radius 1 is 1.16 bits per heavy atom. The summed E-state index contributed by atoms with van der Waals surface area (Å²) in [5.74, 6) is 2.49. The fourth-order valence-corrected chi connectivity index (χ4v) is 3.15. The minimum absolute atomic E-state index is 0.135. The van der Waals surface area contributed by atoms with Crippen LogP contribution in [0.3, 0.4) is 0 Å². The Morgan fingerprint density at radius 3 is 2.40 bits per heavy atom. The van der Waals surface area contributed by atoms with E-state index in [9.17, 15) is 0 Å². The van der Waals surface area contributed by atoms with Gasteiger partial charge in [-0.3, -0.25) is 0 Å². The highest BCUT2D eigenvalue weighted by atomic mass is 32.2. The van der Waals surface area contributed by atoms with Crippen LogP contribution in [-0.4, -0.2) is 20.0 Å². The van der Waals surface area contributed by atoms with E-state index >= 15 is 0 Å². The van der Waals surface area contributed by atoms with E-state index in [2.05, 4.69) is 65.2 Å². The van der Waals surface area contributed by atoms with E-state index in [0.29, 0.717) is 5.92 Å². The molecule has 0 amide bonds. The molecule has 0 aliphatic heterocycles. The SMILES string of the molecule is CCCCC(CC)COc1cc(SC)c(OC)cc1/C=C/C(C)(C)C. The van der Waals surface area contributed by atoms with Gasteiger partial charge in [0.25, 0.3) is 0 Å². The van der Waals surface area contributed by atoms with Crippen LogP contribution >= 0.6 is 11.8 Å². The molecule has 0 N–H and O–H groups in total. The standard InChI is InChI=1S/C22H36O2S/c1-8-10-11-17(9-2)16-24-19-15-21(25-7)20(23-6)14-18(19)12-13-22(3,4)5/h12-15,17H,8-11,16H2,1-7H3/b13-12+. The summed E-state index contributed by atoms with van der Waals surface area (Å²) in [7, 11) is 1.73. The minimum Gasteiger partial charge on any atom is -0.496 e. The molecule has 0 heterocycles. The van der Waals surface area contributed by atoms with E-state index in [1.807, 2.05) is 0 Å². The highest BCUT2D eigenvalue weighted by molar-refractivity contribution is 7.98. The molecule has 25 heavy (non-hydrogen) atoms. The van der Waals surface area contributed by atoms with Gasteiger partial charge in [-0.15, -0.1) is 11.8 Å². The third-order valence-corrected chi connectivity index (χ3v) is 5.06. The number of rotatable bonds is 10. The number of unbranched alkanes of at least 4 members (excludes halogenated alkanes) is 1. The Hall–Kier alpha value is -1.09. The van der Waals surface area contributed by atoms with Crippen LogP contribution in [-0.2, 0) is 0 Å². The third-order valence-electron chi connectivity index (χ3n) is 4.30. The molecule has 1 aromatic rings. The van der Waals surface area contributed by atoms with Crippen LogP contribution in [0.4, 0.5) is 0 Å². The van der Waals surface area contributed by atoms with Gasteiger partial charge in [-0.05, 0) is 36.1 Å². The molecule has 1 aromatic carbocycles. The van der Waals surface area contributed by atoms with E-state index in [1.54, 1.807) is 18.9 Å². The van der Waals surface area contributed by atoms with Crippen molar-refractivity contribution in [1.82, 2.24) is 0 Å². The van der Waals surface area contributed by atoms with Crippen LogP contribution in [0.15, 0.2) is 23.1 Å². The maximum atomic E-state index is 6.27. The second-order valence-corrected chi connectivity index (χ2v) is 8.52. The number of allylic oxidation sites excluding steroid dienone is 1. The summed E-state index contributed by atoms with van der Waals surface area (Å²) in [5.41, 5.74) is 1.23. The molecule has 1 rings (SSSR count). The monoisotopic (exact) mass is 364 g/mol. The second kappa shape index (κ2) is 10.8. The lowest BCUT2D eigenvalue weighted by Gasteiger charge is -2.19. The fourth-order valence-electron chi connectivity index (χ4n) is 2.58. The molecule has 142 valence electrons. The van der Waals surface area contributed by atoms with E-state index in [4.69, 9.17) is 9.47 Å². The van der Waals surface area contributed by atoms with Crippen molar-refractivity contribution in [2.45, 2.75) is 65.2 Å². The Kier molecular flexibility index (Phi) is 9.48. The number of hydrogen-bond donors (Lipinski definition) is 0. The van der Waals surface area contributed by atoms with E-state index in [-0.39, 0.29) is 5.41 Å². The smallest absolute Gasteiger partial charge is 0.133 e. The predicted molar refractivity (Wildman–Crippen MR) is 112 cm³/mol. The zero-order valence-corrected chi connectivity index (χ0v) is 18.0. The fraction of sp³-hybridized carbons (Fsp3) is 0.636. The first-order valence-electron chi connectivity index (χ1n) is 9.42. The van der Waals surface area contributed by atoms with Crippen LogP contribution in [0.25, 0.3) is 6.08 Å². The number of methoxy groups -OCH3 is 1. The summed E-state index contributed by atoms with van der Waals surface area (Å²) in [6.45, 7) is 11.9. The summed E-state index contributed by atoms with van der Waals surface area (Å²) in [6.07, 6.45) is 11.4. The van der Waals surface area contributed by atoms with Gasteiger partial charge in [0.2, 0.25) is 0 Å². The van der Waals surface area contributed by atoms with E-state index < -0.39 is 0 Å². The number of thioether (sulfide) groups is 1. The molecule has 0 radical (unpaired) electrons. The molecule has 0 saturated carbocycles. The average molecular weight is 365 g/mol. The van der Waals surface area contributed by atoms with Crippen molar-refractivity contribution in [3.8, 4) is 11.5 Å². The summed E-state index contributed by atoms with van der Waals surface area (Å²) in [5, 5.41) is 0. The van der Waals surface area contributed by atoms with Crippen molar-refractivity contribution >= 4 is 17.8 Å². The van der Waals surface area contributed by atoms with Gasteiger partial charge >= 0.3 is 0 Å². The van der Waals surface area contributed by atoms with Crippen LogP contribution in [0.2, 0.25) is 0 Å². The highest BCUT2D eigenvalue weighted by Gasteiger charge is 2.13. The van der Waals surface area contributed by atoms with Crippen molar-refractivity contribution in [3.05, 3.63) is 23.8 Å². The maximum Gasteiger partial charge on any atom is 0.133 e. The molecule has 0 aliphatic rings. The zero-order valence-electron chi connectivity index (χ0n) is 17.1. The number of benzene rings is 1. The molecule has 0 bridgehead atoms. The van der Waals surface area contributed by atoms with Gasteiger partial charge in [-0.25, -0.2) is 0 Å². The Bertz CT molecular complexity index is 544. The van der Waals surface area contributed by atoms with Gasteiger partial charge < -0.3 is 9.47 Å². The van der Waals surface area contributed by atoms with Crippen molar-refractivity contribution in [2.75, 3.05) is 20.0 Å². The molecule has 0 aliphatic carbocycles. The Balaban J connectivity index is 3.06. The molecule has 3 heteroatoms. The molecule has 1 atom stereocenters. The molecule has 1 unspecified atom stereocenters. The van der Waals surface area contributed by atoms with Gasteiger partial charge in [-0.2, -0.15) is 0 Å². The number of ether oxygens (including phenoxy) is 2. The van der Waals surface area contributed by atoms with Crippen molar-refractivity contribution in [2.24, 2.45) is 11.3 Å². The topological polar surface area (TPSA) is 18.5 Å². The highest BCUT2D eigenvalue weighted by Crippen LogP contribution is 2.36. The first-order valence-corrected chi connectivity index (χ1v) is 10.6. The maximum absolute atomic E-state index is 6.27. The van der Waals surface area contributed by atoms with Crippen molar-refractivity contribution in [1.29, 1.82) is 0 Å². The third kappa shape index (κ3) is 7.77. The first kappa shape index (κ1) is 22.0. The van der Waals surface area contributed by atoms with Crippen molar-refractivity contribution < 1.29 is 9.47 Å². The molecule has 2 nitrogen and oxygen atoms in total. The van der Waals surface area contributed by atoms with Gasteiger partial charge in [0.05, 0.1) is 18.6 Å². The van der Waals surface area contributed by atoms with Crippen LogP contribution in [0.5, 0.6) is 11.5 Å². The van der Waals surface area contributed by atoms with Crippen molar-refractivity contribution in [3.63, 3.8) is 0 Å². The zero-order chi connectivity index (χ0) is 18.9. The number of hydrogen-bond acceptors (Lipinski definition) is 3. The van der Waals surface area contributed by atoms with Crippen LogP contribution in [0.1, 0.15) is 65.9 Å². The minimum atomic E-state index is 0.135. The van der Waals surface area contributed by atoms with Gasteiger partial charge in [0.1, 0.15) is 11.5 Å². The molecule has 0 fully saturated rings. The molecular weight excluding hydrogens is 328 g/mol. The molecular formula is C22H36O2S. The largest absolute Gasteiger partial charge is 0.496 e. The van der Waals surface area contributed by atoms with E-state index in [0.717, 1.165) is 28.6 Å². The Labute approximate surface area is 159 Å². The molecule has 0 spiro atoms. The lowest BCUT2D eigenvalue weighted by Crippen LogP contribution is -2.12. The summed E-state index contributed by atoms with van der Waals surface area (Å²) in [6, 6.07) is 4.22. The summed E-state index contributed by atoms with van der Waals surface area (Å²) in [4.78, 5) is 1.12. The lowest BCUT2D eigenvalue weighted by atomic mass is 9.95. The normalized spacial score (nSPS) is 13.2. The first-order chi connectivity index (χ1) is 11.8. The van der Waals surface area contributed by atoms with E-state index in [1.165, 1.54) is 25.7 Å². The van der Waals surface area contributed by atoms with Gasteiger partial charge in [0.15, 0.2) is 0 Å². The van der Waals surface area contributed by atoms with Crippen LogP contribution < -0.4 is 9.47 Å². The summed E-state index contributed by atoms with van der Waals surface area (Å²) < 4.78 is 11.8. The molecule has 0 aromatic heterocycles. The second-order valence-electron chi connectivity index (χ2n) is 7.67. The average Bonchev–Trinajstić information content (AvgIpc) is 2.59. The Morgan fingerprint density at radius 2 is 1.88 bits per heavy atom. The lowest BCUT2D eigenvalue weighted by molar-refractivity contribution is 0.232. The predicted octanol–water partition coefficient (Wildman–Crippen LogP) is 7.07. The van der Waals surface area contributed by atoms with Gasteiger partial charge in [0, 0.05) is 5.56 Å². The quantitative estimate of drug-likeness (QED) is 0.414. The summed E-state index contributed by atoms with van der Waals surface area (Å²) >= 11 is 1.69. The molecule has 0 saturated heterocycles. The van der Waals surface area contributed by atoms with Gasteiger partial charge in [-0.1, -0.05) is 66.0 Å². The van der Waals surface area contributed by atoms with Crippen LogP contribution in [0, 0.1) is 11.3 Å².